The van der Waals surface area contributed by atoms with Gasteiger partial charge in [-0.15, -0.1) is 0 Å². The maximum absolute atomic E-state index is 12.4. The van der Waals surface area contributed by atoms with E-state index in [1.807, 2.05) is 6.07 Å². The maximum Gasteiger partial charge on any atom is 0.282 e. The molecule has 0 spiro atoms. The van der Waals surface area contributed by atoms with Crippen LogP contribution in [-0.2, 0) is 0 Å². The van der Waals surface area contributed by atoms with Crippen LogP contribution in [0.5, 0.6) is 0 Å². The van der Waals surface area contributed by atoms with Gasteiger partial charge in [-0.1, -0.05) is 33.6 Å². The number of para-hydroxylation sites is 1. The van der Waals surface area contributed by atoms with Crippen molar-refractivity contribution < 1.29 is 0 Å². The van der Waals surface area contributed by atoms with Crippen molar-refractivity contribution in [2.24, 2.45) is 0 Å². The summed E-state index contributed by atoms with van der Waals surface area (Å²) in [6.45, 7) is 0. The fourth-order valence-corrected chi connectivity index (χ4v) is 3.21. The highest BCUT2D eigenvalue weighted by atomic mass is 79.9. The quantitative estimate of drug-likeness (QED) is 0.490. The third kappa shape index (κ3) is 1.31. The molecule has 0 aliphatic heterocycles. The second-order valence-corrected chi connectivity index (χ2v) is 5.85. The second kappa shape index (κ2) is 3.84. The molecule has 0 fully saturated rings. The van der Waals surface area contributed by atoms with E-state index in [-0.39, 0.29) is 11.1 Å². The van der Waals surface area contributed by atoms with E-state index in [1.165, 1.54) is 0 Å². The number of fused-ring (bicyclic) bond motifs is 5. The van der Waals surface area contributed by atoms with Crippen molar-refractivity contribution in [3.63, 3.8) is 0 Å². The highest BCUT2D eigenvalue weighted by molar-refractivity contribution is 9.10. The van der Waals surface area contributed by atoms with Crippen LogP contribution in [0.25, 0.3) is 21.8 Å². The summed E-state index contributed by atoms with van der Waals surface area (Å²) in [4.78, 5) is 24.8. The summed E-state index contributed by atoms with van der Waals surface area (Å²) in [6, 6.07) is 10.4. The molecule has 98 valence electrons. The summed E-state index contributed by atoms with van der Waals surface area (Å²) in [7, 11) is 0. The molecule has 0 bridgehead atoms. The molecule has 0 amide bonds. The lowest BCUT2D eigenvalue weighted by Gasteiger charge is -1.97. The van der Waals surface area contributed by atoms with Crippen molar-refractivity contribution in [1.82, 2.24) is 9.03 Å². The Morgan fingerprint density at radius 2 is 1.70 bits per heavy atom. The SMILES string of the molecule is O=c1c2cc(Br)ccc2n2c3c(Cl)cccc3c(=O)n12. The smallest absolute Gasteiger partial charge is 0.267 e. The molecule has 0 radical (unpaired) electrons. The van der Waals surface area contributed by atoms with Gasteiger partial charge in [-0.05, 0) is 30.3 Å². The molecule has 6 heteroatoms. The predicted molar refractivity (Wildman–Crippen MR) is 82.3 cm³/mol. The van der Waals surface area contributed by atoms with Crippen molar-refractivity contribution in [2.45, 2.75) is 0 Å². The average Bonchev–Trinajstić information content (AvgIpc) is 2.87. The van der Waals surface area contributed by atoms with E-state index in [0.717, 1.165) is 8.99 Å². The highest BCUT2D eigenvalue weighted by Crippen LogP contribution is 2.25. The van der Waals surface area contributed by atoms with Crippen molar-refractivity contribution in [1.29, 1.82) is 0 Å². The molecule has 2 aromatic carbocycles. The third-order valence-corrected chi connectivity index (χ3v) is 4.23. The fraction of sp³-hybridized carbons (Fsp3) is 0. The summed E-state index contributed by atoms with van der Waals surface area (Å²) < 4.78 is 3.51. The van der Waals surface area contributed by atoms with E-state index in [9.17, 15) is 9.59 Å². The monoisotopic (exact) mass is 348 g/mol. The molecule has 0 atom stereocenters. The van der Waals surface area contributed by atoms with Gasteiger partial charge in [0.05, 0.1) is 26.8 Å². The summed E-state index contributed by atoms with van der Waals surface area (Å²) in [5.41, 5.74) is 0.547. The first kappa shape index (κ1) is 11.9. The number of halogens is 2. The summed E-state index contributed by atoms with van der Waals surface area (Å²) in [5, 5.41) is 1.37. The molecule has 4 rings (SSSR count). The van der Waals surface area contributed by atoms with E-state index in [2.05, 4.69) is 15.9 Å². The Hall–Kier alpha value is -1.85. The van der Waals surface area contributed by atoms with E-state index in [1.54, 1.807) is 34.8 Å². The van der Waals surface area contributed by atoms with Gasteiger partial charge in [0.25, 0.3) is 11.1 Å². The summed E-state index contributed by atoms with van der Waals surface area (Å²) in [6.07, 6.45) is 0. The van der Waals surface area contributed by atoms with E-state index in [0.29, 0.717) is 26.8 Å². The van der Waals surface area contributed by atoms with Crippen LogP contribution in [0, 0.1) is 0 Å². The van der Waals surface area contributed by atoms with E-state index in [4.69, 9.17) is 11.6 Å². The number of rotatable bonds is 0. The van der Waals surface area contributed by atoms with Gasteiger partial charge < -0.3 is 0 Å². The molecular formula is C14H6BrClN2O2. The average molecular weight is 350 g/mol. The van der Waals surface area contributed by atoms with Crippen molar-refractivity contribution in [2.75, 3.05) is 0 Å². The zero-order chi connectivity index (χ0) is 14.0. The summed E-state index contributed by atoms with van der Waals surface area (Å²) in [5.74, 6) is 0. The third-order valence-electron chi connectivity index (χ3n) is 3.43. The Morgan fingerprint density at radius 1 is 0.950 bits per heavy atom. The highest BCUT2D eigenvalue weighted by Gasteiger charge is 2.18. The molecular weight excluding hydrogens is 344 g/mol. The van der Waals surface area contributed by atoms with Crippen molar-refractivity contribution in [3.8, 4) is 0 Å². The zero-order valence-electron chi connectivity index (χ0n) is 9.93. The van der Waals surface area contributed by atoms with Gasteiger partial charge >= 0.3 is 0 Å². The van der Waals surface area contributed by atoms with Crippen LogP contribution < -0.4 is 11.1 Å². The molecule has 0 saturated carbocycles. The van der Waals surface area contributed by atoms with Crippen LogP contribution in [0.2, 0.25) is 5.02 Å². The topological polar surface area (TPSA) is 43.0 Å². The number of hydrogen-bond donors (Lipinski definition) is 0. The lowest BCUT2D eigenvalue weighted by atomic mass is 10.2. The first-order chi connectivity index (χ1) is 9.59. The molecule has 2 aromatic heterocycles. The second-order valence-electron chi connectivity index (χ2n) is 4.53. The van der Waals surface area contributed by atoms with Crippen LogP contribution in [-0.4, -0.2) is 9.03 Å². The molecule has 0 N–H and O–H groups in total. The number of benzene rings is 2. The van der Waals surface area contributed by atoms with E-state index >= 15 is 0 Å². The van der Waals surface area contributed by atoms with E-state index < -0.39 is 0 Å². The normalized spacial score (nSPS) is 11.9. The molecule has 4 aromatic rings. The zero-order valence-corrected chi connectivity index (χ0v) is 12.3. The molecule has 4 nitrogen and oxygen atoms in total. The Bertz CT molecular complexity index is 1110. The lowest BCUT2D eigenvalue weighted by molar-refractivity contribution is 0.841. The molecule has 2 heterocycles. The van der Waals surface area contributed by atoms with Crippen LogP contribution in [0.3, 0.4) is 0 Å². The van der Waals surface area contributed by atoms with Gasteiger partial charge in [0.2, 0.25) is 0 Å². The maximum atomic E-state index is 12.4. The van der Waals surface area contributed by atoms with Gasteiger partial charge in [-0.25, -0.2) is 4.52 Å². The lowest BCUT2D eigenvalue weighted by Crippen LogP contribution is -2.21. The molecule has 0 aliphatic rings. The standard InChI is InChI=1S/C14H6BrClN2O2/c15-7-4-5-11-9(6-7)14(20)18-13(19)8-2-1-3-10(16)12(8)17(11)18/h1-6H. The van der Waals surface area contributed by atoms with Gasteiger partial charge in [-0.3, -0.25) is 9.59 Å². The number of nitrogens with zero attached hydrogens (tertiary/aromatic N) is 2. The molecule has 20 heavy (non-hydrogen) atoms. The summed E-state index contributed by atoms with van der Waals surface area (Å²) >= 11 is 9.54. The number of hydrogen-bond acceptors (Lipinski definition) is 2. The molecule has 0 unspecified atom stereocenters. The predicted octanol–water partition coefficient (Wildman–Crippen LogP) is 2.92. The van der Waals surface area contributed by atoms with Crippen LogP contribution in [0.1, 0.15) is 0 Å². The van der Waals surface area contributed by atoms with Crippen molar-refractivity contribution >= 4 is 49.3 Å². The Kier molecular flexibility index (Phi) is 2.29. The van der Waals surface area contributed by atoms with Crippen molar-refractivity contribution in [3.05, 3.63) is 66.6 Å². The number of aromatic nitrogens is 2. The van der Waals surface area contributed by atoms with Gasteiger partial charge in [0.1, 0.15) is 0 Å². The minimum absolute atomic E-state index is 0.335. The Balaban J connectivity index is 2.49. The Morgan fingerprint density at radius 3 is 2.50 bits per heavy atom. The van der Waals surface area contributed by atoms with Crippen LogP contribution >= 0.6 is 27.5 Å². The Labute approximate surface area is 125 Å². The first-order valence-electron chi connectivity index (χ1n) is 5.86. The first-order valence-corrected chi connectivity index (χ1v) is 7.03. The van der Waals surface area contributed by atoms with Gasteiger partial charge in [0.15, 0.2) is 0 Å². The van der Waals surface area contributed by atoms with Crippen LogP contribution in [0.15, 0.2) is 50.5 Å². The van der Waals surface area contributed by atoms with Crippen LogP contribution in [0.4, 0.5) is 0 Å². The minimum atomic E-state index is -0.347. The molecule has 0 aliphatic carbocycles. The fourth-order valence-electron chi connectivity index (χ4n) is 2.60. The largest absolute Gasteiger partial charge is 0.282 e. The van der Waals surface area contributed by atoms with Gasteiger partial charge in [-0.2, -0.15) is 4.52 Å². The minimum Gasteiger partial charge on any atom is -0.267 e. The molecule has 0 saturated heterocycles. The van der Waals surface area contributed by atoms with Gasteiger partial charge in [0, 0.05) is 4.47 Å².